The molecule has 5 heteroatoms. The molecule has 27 heavy (non-hydrogen) atoms. The summed E-state index contributed by atoms with van der Waals surface area (Å²) in [5.74, 6) is -0.397. The number of hydrogen-bond acceptors (Lipinski definition) is 3. The van der Waals surface area contributed by atoms with Crippen molar-refractivity contribution in [2.75, 3.05) is 0 Å². The van der Waals surface area contributed by atoms with Crippen molar-refractivity contribution in [1.82, 2.24) is 0 Å². The van der Waals surface area contributed by atoms with Crippen molar-refractivity contribution in [3.63, 3.8) is 0 Å². The maximum absolute atomic E-state index is 12.1. The molecule has 0 saturated heterocycles. The summed E-state index contributed by atoms with van der Waals surface area (Å²) < 4.78 is 0. The monoisotopic (exact) mass is 378 g/mol. The molecule has 0 N–H and O–H groups in total. The lowest BCUT2D eigenvalue weighted by molar-refractivity contribution is -0.546. The van der Waals surface area contributed by atoms with Gasteiger partial charge in [0.15, 0.2) is 0 Å². The topological polar surface area (TPSA) is 55.5 Å². The fourth-order valence-electron chi connectivity index (χ4n) is 4.03. The lowest BCUT2D eigenvalue weighted by atomic mass is 9.75. The minimum Gasteiger partial charge on any atom is -0.278 e. The number of nitro groups is 1. The Labute approximate surface area is 162 Å². The van der Waals surface area contributed by atoms with Gasteiger partial charge in [-0.15, -0.1) is 0 Å². The molecule has 3 atom stereocenters. The maximum Gasteiger partial charge on any atom is 0.265 e. The van der Waals surface area contributed by atoms with E-state index in [0.717, 1.165) is 21.9 Å². The third-order valence-electron chi connectivity index (χ3n) is 5.71. The van der Waals surface area contributed by atoms with Gasteiger partial charge in [-0.25, -0.2) is 0 Å². The molecule has 4 rings (SSSR count). The van der Waals surface area contributed by atoms with Gasteiger partial charge in [-0.2, -0.15) is 0 Å². The van der Waals surface area contributed by atoms with E-state index in [0.29, 0.717) is 10.7 Å². The number of benzene rings is 3. The van der Waals surface area contributed by atoms with Crippen LogP contribution < -0.4 is 0 Å². The van der Waals surface area contributed by atoms with Crippen LogP contribution in [-0.2, 0) is 0 Å². The van der Waals surface area contributed by atoms with Gasteiger partial charge in [0.05, 0.1) is 17.7 Å². The third-order valence-corrected chi connectivity index (χ3v) is 5.96. The van der Waals surface area contributed by atoms with Crippen molar-refractivity contribution in [1.29, 1.82) is 0 Å². The fraction of sp³-hybridized carbons (Fsp3) is 0.227. The largest absolute Gasteiger partial charge is 0.278 e. The van der Waals surface area contributed by atoms with E-state index in [2.05, 4.69) is 18.2 Å². The molecule has 0 bridgehead atoms. The fourth-order valence-corrected chi connectivity index (χ4v) is 4.15. The van der Waals surface area contributed by atoms with Crippen molar-refractivity contribution in [2.45, 2.75) is 31.3 Å². The molecule has 1 aliphatic heterocycles. The predicted octanol–water partition coefficient (Wildman–Crippen LogP) is 5.83. The molecule has 1 heterocycles. The van der Waals surface area contributed by atoms with E-state index >= 15 is 0 Å². The van der Waals surface area contributed by atoms with Gasteiger partial charge < -0.3 is 0 Å². The van der Waals surface area contributed by atoms with Crippen LogP contribution in [0.4, 0.5) is 0 Å². The summed E-state index contributed by atoms with van der Waals surface area (Å²) in [5.41, 5.74) is 1.14. The first-order valence-electron chi connectivity index (χ1n) is 8.85. The summed E-state index contributed by atoms with van der Waals surface area (Å²) in [6.07, 6.45) is 0. The molecule has 0 aromatic heterocycles. The highest BCUT2D eigenvalue weighted by Gasteiger charge is 2.57. The van der Waals surface area contributed by atoms with Gasteiger partial charge in [-0.3, -0.25) is 15.1 Å². The molecule has 3 aromatic carbocycles. The minimum atomic E-state index is -1.26. The molecule has 3 aromatic rings. The molecule has 4 nitrogen and oxygen atoms in total. The zero-order chi connectivity index (χ0) is 19.2. The lowest BCUT2D eigenvalue weighted by Gasteiger charge is -2.27. The molecule has 0 saturated carbocycles. The van der Waals surface area contributed by atoms with Gasteiger partial charge in [-0.05, 0) is 47.0 Å². The predicted molar refractivity (Wildman–Crippen MR) is 109 cm³/mol. The highest BCUT2D eigenvalue weighted by molar-refractivity contribution is 6.30. The second-order valence-corrected chi connectivity index (χ2v) is 7.64. The second-order valence-electron chi connectivity index (χ2n) is 7.20. The Morgan fingerprint density at radius 2 is 1.63 bits per heavy atom. The van der Waals surface area contributed by atoms with E-state index in [1.54, 1.807) is 26.0 Å². The summed E-state index contributed by atoms with van der Waals surface area (Å²) in [4.78, 5) is 16.6. The Hall–Kier alpha value is -2.72. The van der Waals surface area contributed by atoms with E-state index in [1.807, 2.05) is 36.4 Å². The quantitative estimate of drug-likeness (QED) is 0.425. The lowest BCUT2D eigenvalue weighted by Crippen LogP contribution is -2.45. The summed E-state index contributed by atoms with van der Waals surface area (Å²) in [7, 11) is 0. The van der Waals surface area contributed by atoms with Gasteiger partial charge >= 0.3 is 0 Å². The Morgan fingerprint density at radius 1 is 1.00 bits per heavy atom. The van der Waals surface area contributed by atoms with Gasteiger partial charge in [0.2, 0.25) is 0 Å². The molecule has 0 spiro atoms. The molecule has 1 aliphatic rings. The average Bonchev–Trinajstić information content (AvgIpc) is 2.94. The SMILES string of the molecule is CC1=NC(c2ccc3ccccc3c2)C(c2ccc(Cl)cc2)C1(C)[N+](=O)[O-]. The zero-order valence-electron chi connectivity index (χ0n) is 15.1. The van der Waals surface area contributed by atoms with E-state index < -0.39 is 11.5 Å². The molecular formula is C22H19ClN2O2. The van der Waals surface area contributed by atoms with Crippen molar-refractivity contribution in [3.05, 3.63) is 93.0 Å². The Bertz CT molecular complexity index is 1060. The summed E-state index contributed by atoms with van der Waals surface area (Å²) in [6.45, 7) is 3.43. The summed E-state index contributed by atoms with van der Waals surface area (Å²) in [5, 5.41) is 14.9. The van der Waals surface area contributed by atoms with Crippen LogP contribution >= 0.6 is 11.6 Å². The summed E-state index contributed by atoms with van der Waals surface area (Å²) in [6, 6.07) is 21.3. The van der Waals surface area contributed by atoms with Crippen LogP contribution in [-0.4, -0.2) is 16.2 Å². The molecule has 0 fully saturated rings. The number of fused-ring (bicyclic) bond motifs is 1. The van der Waals surface area contributed by atoms with E-state index in [1.165, 1.54) is 0 Å². The van der Waals surface area contributed by atoms with Crippen LogP contribution in [0.25, 0.3) is 10.8 Å². The number of rotatable bonds is 3. The molecule has 0 amide bonds. The molecule has 0 aliphatic carbocycles. The van der Waals surface area contributed by atoms with E-state index in [9.17, 15) is 10.1 Å². The van der Waals surface area contributed by atoms with E-state index in [-0.39, 0.29) is 11.0 Å². The number of hydrogen-bond donors (Lipinski definition) is 0. The number of aliphatic imine (C=N–C) groups is 1. The molecular weight excluding hydrogens is 360 g/mol. The van der Waals surface area contributed by atoms with Crippen molar-refractivity contribution in [3.8, 4) is 0 Å². The standard InChI is InChI=1S/C22H19ClN2O2/c1-14-22(2,25(26)27)20(16-9-11-19(23)12-10-16)21(24-14)18-8-7-15-5-3-4-6-17(15)13-18/h3-13,20-21H,1-2H3. The van der Waals surface area contributed by atoms with Crippen LogP contribution in [0.5, 0.6) is 0 Å². The highest BCUT2D eigenvalue weighted by Crippen LogP contribution is 2.49. The van der Waals surface area contributed by atoms with Crippen LogP contribution in [0.15, 0.2) is 71.7 Å². The van der Waals surface area contributed by atoms with Gasteiger partial charge in [0, 0.05) is 16.9 Å². The Balaban J connectivity index is 1.88. The van der Waals surface area contributed by atoms with Crippen LogP contribution in [0.2, 0.25) is 5.02 Å². The van der Waals surface area contributed by atoms with Crippen molar-refractivity contribution in [2.24, 2.45) is 4.99 Å². The van der Waals surface area contributed by atoms with Crippen LogP contribution in [0, 0.1) is 10.1 Å². The maximum atomic E-state index is 12.1. The smallest absolute Gasteiger partial charge is 0.265 e. The van der Waals surface area contributed by atoms with Crippen molar-refractivity contribution >= 4 is 28.1 Å². The van der Waals surface area contributed by atoms with E-state index in [4.69, 9.17) is 16.6 Å². The normalized spacial score (nSPS) is 24.8. The zero-order valence-corrected chi connectivity index (χ0v) is 15.9. The van der Waals surface area contributed by atoms with Crippen LogP contribution in [0.3, 0.4) is 0 Å². The summed E-state index contributed by atoms with van der Waals surface area (Å²) >= 11 is 6.04. The minimum absolute atomic E-state index is 0.202. The average molecular weight is 379 g/mol. The molecule has 136 valence electrons. The first-order valence-corrected chi connectivity index (χ1v) is 9.22. The Kier molecular flexibility index (Phi) is 4.23. The van der Waals surface area contributed by atoms with Gasteiger partial charge in [-0.1, -0.05) is 60.1 Å². The molecule has 3 unspecified atom stereocenters. The van der Waals surface area contributed by atoms with Gasteiger partial charge in [0.25, 0.3) is 5.54 Å². The molecule has 0 radical (unpaired) electrons. The third kappa shape index (κ3) is 2.81. The van der Waals surface area contributed by atoms with Crippen LogP contribution in [0.1, 0.15) is 36.9 Å². The number of nitrogens with zero attached hydrogens (tertiary/aromatic N) is 2. The second kappa shape index (κ2) is 6.46. The first kappa shape index (κ1) is 17.7. The first-order chi connectivity index (χ1) is 12.9. The highest BCUT2D eigenvalue weighted by atomic mass is 35.5. The van der Waals surface area contributed by atoms with Crippen molar-refractivity contribution < 1.29 is 4.92 Å². The number of halogens is 1. The Morgan fingerprint density at radius 3 is 2.30 bits per heavy atom. The van der Waals surface area contributed by atoms with Gasteiger partial charge in [0.1, 0.15) is 0 Å².